The van der Waals surface area contributed by atoms with Gasteiger partial charge in [0.2, 0.25) is 0 Å². The van der Waals surface area contributed by atoms with Crippen molar-refractivity contribution in [2.45, 2.75) is 32.4 Å². The Morgan fingerprint density at radius 2 is 1.96 bits per heavy atom. The monoisotopic (exact) mass is 403 g/mol. The summed E-state index contributed by atoms with van der Waals surface area (Å²) < 4.78 is 11.4. The van der Waals surface area contributed by atoms with Crippen LogP contribution >= 0.6 is 22.9 Å². The van der Waals surface area contributed by atoms with E-state index < -0.39 is 5.60 Å². The Balaban J connectivity index is 1.73. The Labute approximate surface area is 168 Å². The zero-order chi connectivity index (χ0) is 19.3. The summed E-state index contributed by atoms with van der Waals surface area (Å²) in [5.41, 5.74) is -1.02. The van der Waals surface area contributed by atoms with Crippen molar-refractivity contribution < 1.29 is 13.9 Å². The standard InChI is InChI=1S/C21H22ClNO3S/c1-21(2,26-17-9-7-16(22)8-10-17)20(24)23(15-18-5-3-13-25-18)12-11-19-6-4-14-27-19/h3-10,13-14H,11-12,15H2,1-2H3. The summed E-state index contributed by atoms with van der Waals surface area (Å²) in [4.78, 5) is 16.3. The number of rotatable bonds is 8. The fourth-order valence-corrected chi connectivity index (χ4v) is 3.59. The van der Waals surface area contributed by atoms with Gasteiger partial charge in [-0.25, -0.2) is 0 Å². The smallest absolute Gasteiger partial charge is 0.266 e. The van der Waals surface area contributed by atoms with Crippen LogP contribution in [0.4, 0.5) is 0 Å². The number of carbonyl (C=O) groups is 1. The first-order chi connectivity index (χ1) is 12.9. The van der Waals surface area contributed by atoms with Crippen molar-refractivity contribution in [3.8, 4) is 5.75 Å². The number of benzene rings is 1. The normalized spacial score (nSPS) is 11.4. The molecule has 0 bridgehead atoms. The maximum Gasteiger partial charge on any atom is 0.266 e. The number of carbonyl (C=O) groups excluding carboxylic acids is 1. The Hall–Kier alpha value is -2.24. The second-order valence-corrected chi connectivity index (χ2v) is 8.17. The van der Waals surface area contributed by atoms with E-state index in [1.807, 2.05) is 23.6 Å². The number of furan rings is 1. The predicted octanol–water partition coefficient (Wildman–Crippen LogP) is 5.42. The van der Waals surface area contributed by atoms with E-state index in [1.165, 1.54) is 4.88 Å². The Morgan fingerprint density at radius 3 is 2.59 bits per heavy atom. The highest BCUT2D eigenvalue weighted by molar-refractivity contribution is 7.09. The van der Waals surface area contributed by atoms with Crippen LogP contribution in [0, 0.1) is 0 Å². The van der Waals surface area contributed by atoms with Crippen molar-refractivity contribution in [2.75, 3.05) is 6.54 Å². The van der Waals surface area contributed by atoms with Gasteiger partial charge in [-0.2, -0.15) is 0 Å². The number of halogens is 1. The van der Waals surface area contributed by atoms with E-state index in [2.05, 4.69) is 6.07 Å². The lowest BCUT2D eigenvalue weighted by Crippen LogP contribution is -2.49. The molecule has 1 amide bonds. The van der Waals surface area contributed by atoms with E-state index in [-0.39, 0.29) is 5.91 Å². The number of nitrogens with zero attached hydrogens (tertiary/aromatic N) is 1. The molecule has 0 radical (unpaired) electrons. The van der Waals surface area contributed by atoms with Crippen molar-refractivity contribution in [3.05, 3.63) is 75.8 Å². The molecular weight excluding hydrogens is 382 g/mol. The highest BCUT2D eigenvalue weighted by atomic mass is 35.5. The lowest BCUT2D eigenvalue weighted by atomic mass is 10.1. The number of amides is 1. The van der Waals surface area contributed by atoms with Gasteiger partial charge in [0.15, 0.2) is 5.60 Å². The highest BCUT2D eigenvalue weighted by Crippen LogP contribution is 2.23. The minimum absolute atomic E-state index is 0.0922. The topological polar surface area (TPSA) is 42.7 Å². The molecule has 142 valence electrons. The van der Waals surface area contributed by atoms with Gasteiger partial charge in [-0.3, -0.25) is 4.79 Å². The molecule has 0 aliphatic rings. The van der Waals surface area contributed by atoms with Gasteiger partial charge in [0.05, 0.1) is 12.8 Å². The number of hydrogen-bond donors (Lipinski definition) is 0. The molecule has 0 atom stereocenters. The molecule has 2 heterocycles. The fraction of sp³-hybridized carbons (Fsp3) is 0.286. The highest BCUT2D eigenvalue weighted by Gasteiger charge is 2.34. The fourth-order valence-electron chi connectivity index (χ4n) is 2.76. The van der Waals surface area contributed by atoms with Crippen LogP contribution in [0.15, 0.2) is 64.6 Å². The summed E-state index contributed by atoms with van der Waals surface area (Å²) in [6.07, 6.45) is 2.41. The third-order valence-electron chi connectivity index (χ3n) is 4.12. The van der Waals surface area contributed by atoms with E-state index in [9.17, 15) is 4.79 Å². The minimum Gasteiger partial charge on any atom is -0.478 e. The molecule has 1 aromatic carbocycles. The average molecular weight is 404 g/mol. The molecule has 4 nitrogen and oxygen atoms in total. The summed E-state index contributed by atoms with van der Waals surface area (Å²) in [5.74, 6) is 1.26. The molecule has 6 heteroatoms. The summed E-state index contributed by atoms with van der Waals surface area (Å²) in [6.45, 7) is 4.56. The zero-order valence-electron chi connectivity index (χ0n) is 15.4. The van der Waals surface area contributed by atoms with Crippen molar-refractivity contribution in [1.82, 2.24) is 4.90 Å². The minimum atomic E-state index is -1.02. The van der Waals surface area contributed by atoms with E-state index in [4.69, 9.17) is 20.8 Å². The van der Waals surface area contributed by atoms with Gasteiger partial charge in [-0.15, -0.1) is 11.3 Å². The van der Waals surface area contributed by atoms with E-state index in [0.717, 1.165) is 12.2 Å². The van der Waals surface area contributed by atoms with Gasteiger partial charge in [-0.05, 0) is 68.1 Å². The van der Waals surface area contributed by atoms with Gasteiger partial charge in [0.1, 0.15) is 11.5 Å². The van der Waals surface area contributed by atoms with Gasteiger partial charge in [0.25, 0.3) is 5.91 Å². The molecule has 0 spiro atoms. The molecular formula is C21H22ClNO3S. The SMILES string of the molecule is CC(C)(Oc1ccc(Cl)cc1)C(=O)N(CCc1cccs1)Cc1ccco1. The third-order valence-corrected chi connectivity index (χ3v) is 5.31. The van der Waals surface area contributed by atoms with Crippen molar-refractivity contribution in [1.29, 1.82) is 0 Å². The first-order valence-electron chi connectivity index (χ1n) is 8.73. The Bertz CT molecular complexity index is 842. The summed E-state index contributed by atoms with van der Waals surface area (Å²) in [6, 6.07) is 14.8. The molecule has 0 unspecified atom stereocenters. The quantitative estimate of drug-likeness (QED) is 0.504. The van der Waals surface area contributed by atoms with Gasteiger partial charge < -0.3 is 14.1 Å². The van der Waals surface area contributed by atoms with Crippen molar-refractivity contribution in [2.24, 2.45) is 0 Å². The molecule has 0 aliphatic carbocycles. The van der Waals surface area contributed by atoms with Crippen LogP contribution in [0.2, 0.25) is 5.02 Å². The van der Waals surface area contributed by atoms with Crippen LogP contribution < -0.4 is 4.74 Å². The molecule has 3 rings (SSSR count). The van der Waals surface area contributed by atoms with E-state index in [1.54, 1.807) is 60.6 Å². The van der Waals surface area contributed by atoms with Crippen molar-refractivity contribution in [3.63, 3.8) is 0 Å². The predicted molar refractivity (Wildman–Crippen MR) is 108 cm³/mol. The molecule has 0 aliphatic heterocycles. The molecule has 0 saturated carbocycles. The van der Waals surface area contributed by atoms with Gasteiger partial charge in [0, 0.05) is 16.4 Å². The van der Waals surface area contributed by atoms with E-state index in [0.29, 0.717) is 23.9 Å². The second-order valence-electron chi connectivity index (χ2n) is 6.70. The van der Waals surface area contributed by atoms with Crippen LogP contribution in [0.1, 0.15) is 24.5 Å². The largest absolute Gasteiger partial charge is 0.478 e. The Kier molecular flexibility index (Phi) is 6.24. The maximum atomic E-state index is 13.3. The lowest BCUT2D eigenvalue weighted by molar-refractivity contribution is -0.146. The molecule has 0 N–H and O–H groups in total. The molecule has 27 heavy (non-hydrogen) atoms. The lowest BCUT2D eigenvalue weighted by Gasteiger charge is -2.32. The van der Waals surface area contributed by atoms with Crippen molar-refractivity contribution >= 4 is 28.8 Å². The van der Waals surface area contributed by atoms with Crippen LogP contribution in [0.3, 0.4) is 0 Å². The molecule has 0 fully saturated rings. The summed E-state index contributed by atoms with van der Waals surface area (Å²) >= 11 is 7.62. The Morgan fingerprint density at radius 1 is 1.19 bits per heavy atom. The first kappa shape index (κ1) is 19.5. The maximum absolute atomic E-state index is 13.3. The molecule has 3 aromatic rings. The second kappa shape index (κ2) is 8.63. The van der Waals surface area contributed by atoms with Gasteiger partial charge in [-0.1, -0.05) is 17.7 Å². The molecule has 2 aromatic heterocycles. The average Bonchev–Trinajstić information content (AvgIpc) is 3.33. The van der Waals surface area contributed by atoms with Crippen LogP contribution in [0.5, 0.6) is 5.75 Å². The third kappa shape index (κ3) is 5.37. The van der Waals surface area contributed by atoms with Crippen LogP contribution in [0.25, 0.3) is 0 Å². The van der Waals surface area contributed by atoms with Crippen LogP contribution in [-0.2, 0) is 17.8 Å². The number of hydrogen-bond acceptors (Lipinski definition) is 4. The van der Waals surface area contributed by atoms with Gasteiger partial charge >= 0.3 is 0 Å². The first-order valence-corrected chi connectivity index (χ1v) is 9.98. The summed E-state index contributed by atoms with van der Waals surface area (Å²) in [7, 11) is 0. The number of ether oxygens (including phenoxy) is 1. The zero-order valence-corrected chi connectivity index (χ0v) is 16.9. The number of thiophene rings is 1. The van der Waals surface area contributed by atoms with Crippen LogP contribution in [-0.4, -0.2) is 23.0 Å². The van der Waals surface area contributed by atoms with E-state index >= 15 is 0 Å². The molecule has 0 saturated heterocycles. The summed E-state index contributed by atoms with van der Waals surface area (Å²) in [5, 5.41) is 2.67.